The third-order valence-electron chi connectivity index (χ3n) is 4.29. The van der Waals surface area contributed by atoms with E-state index in [2.05, 4.69) is 25.3 Å². The van der Waals surface area contributed by atoms with E-state index in [1.54, 1.807) is 6.07 Å². The van der Waals surface area contributed by atoms with Gasteiger partial charge in [0, 0.05) is 21.3 Å². The average molecular weight is 393 g/mol. The molecule has 136 valence electrons. The summed E-state index contributed by atoms with van der Waals surface area (Å²) >= 11 is 3.70. The lowest BCUT2D eigenvalue weighted by Gasteiger charge is -2.17. The highest BCUT2D eigenvalue weighted by atomic mass is 32.2. The minimum atomic E-state index is -4.37. The van der Waals surface area contributed by atoms with Crippen LogP contribution in [-0.2, 0) is 6.18 Å². The molecule has 0 atom stereocenters. The molecular weight excluding hydrogens is 373 g/mol. The van der Waals surface area contributed by atoms with Gasteiger partial charge in [0.25, 0.3) is 0 Å². The van der Waals surface area contributed by atoms with Gasteiger partial charge in [0.15, 0.2) is 0 Å². The number of alkyl halides is 3. The predicted molar refractivity (Wildman–Crippen MR) is 107 cm³/mol. The van der Waals surface area contributed by atoms with Crippen molar-refractivity contribution in [3.05, 3.63) is 72.3 Å². The van der Waals surface area contributed by atoms with Crippen LogP contribution < -0.4 is 0 Å². The third-order valence-corrected chi connectivity index (χ3v) is 6.81. The second-order valence-electron chi connectivity index (χ2n) is 6.11. The SMILES string of the molecule is C=C(CCC(=C)c1ccccc1C(F)(F)F)c1ccc2c(c1)SCCS2. The number of thioether (sulfide) groups is 2. The molecule has 1 aliphatic rings. The van der Waals surface area contributed by atoms with Crippen LogP contribution in [0.2, 0.25) is 0 Å². The molecule has 2 aromatic carbocycles. The molecule has 0 saturated heterocycles. The number of hydrogen-bond acceptors (Lipinski definition) is 2. The minimum Gasteiger partial charge on any atom is -0.166 e. The van der Waals surface area contributed by atoms with Crippen LogP contribution in [0.1, 0.15) is 29.5 Å². The number of fused-ring (bicyclic) bond motifs is 1. The van der Waals surface area contributed by atoms with E-state index in [1.165, 1.54) is 21.9 Å². The van der Waals surface area contributed by atoms with Gasteiger partial charge in [0.2, 0.25) is 0 Å². The second kappa shape index (κ2) is 7.97. The first-order valence-electron chi connectivity index (χ1n) is 8.28. The monoisotopic (exact) mass is 392 g/mol. The molecule has 1 aliphatic heterocycles. The van der Waals surface area contributed by atoms with Gasteiger partial charge in [-0.2, -0.15) is 13.2 Å². The van der Waals surface area contributed by atoms with Gasteiger partial charge in [-0.05, 0) is 53.3 Å². The fraction of sp³-hybridized carbons (Fsp3) is 0.238. The van der Waals surface area contributed by atoms with Crippen LogP contribution in [-0.4, -0.2) is 11.5 Å². The van der Waals surface area contributed by atoms with Gasteiger partial charge < -0.3 is 0 Å². The van der Waals surface area contributed by atoms with Crippen LogP contribution in [0, 0.1) is 0 Å². The fourth-order valence-electron chi connectivity index (χ4n) is 2.88. The maximum absolute atomic E-state index is 13.2. The van der Waals surface area contributed by atoms with Crippen LogP contribution in [0.25, 0.3) is 11.1 Å². The maximum atomic E-state index is 13.2. The third kappa shape index (κ3) is 4.38. The molecule has 0 radical (unpaired) electrons. The largest absolute Gasteiger partial charge is 0.416 e. The van der Waals surface area contributed by atoms with Gasteiger partial charge in [-0.1, -0.05) is 37.4 Å². The molecule has 0 N–H and O–H groups in total. The number of halogens is 3. The Labute approximate surface area is 160 Å². The first kappa shape index (κ1) is 19.2. The molecule has 0 aromatic heterocycles. The van der Waals surface area contributed by atoms with E-state index in [0.717, 1.165) is 28.7 Å². The summed E-state index contributed by atoms with van der Waals surface area (Å²) in [6.07, 6.45) is -3.34. The standard InChI is InChI=1S/C21H19F3S2/c1-14(16-9-10-19-20(13-16)26-12-11-25-19)7-8-15(2)17-5-3-4-6-18(17)21(22,23)24/h3-6,9-10,13H,1-2,7-8,11-12H2. The Kier molecular flexibility index (Phi) is 5.88. The van der Waals surface area contributed by atoms with E-state index in [-0.39, 0.29) is 5.56 Å². The number of rotatable bonds is 5. The lowest BCUT2D eigenvalue weighted by atomic mass is 9.94. The molecule has 0 spiro atoms. The summed E-state index contributed by atoms with van der Waals surface area (Å²) in [7, 11) is 0. The van der Waals surface area contributed by atoms with Gasteiger partial charge >= 0.3 is 6.18 Å². The van der Waals surface area contributed by atoms with Crippen molar-refractivity contribution in [2.45, 2.75) is 28.8 Å². The Morgan fingerprint density at radius 2 is 1.54 bits per heavy atom. The van der Waals surface area contributed by atoms with E-state index in [0.29, 0.717) is 18.4 Å². The van der Waals surface area contributed by atoms with Gasteiger partial charge in [-0.25, -0.2) is 0 Å². The second-order valence-corrected chi connectivity index (χ2v) is 8.38. The van der Waals surface area contributed by atoms with Crippen LogP contribution >= 0.6 is 23.5 Å². The minimum absolute atomic E-state index is 0.171. The Morgan fingerprint density at radius 3 is 2.27 bits per heavy atom. The molecule has 5 heteroatoms. The Hall–Kier alpha value is -1.59. The summed E-state index contributed by atoms with van der Waals surface area (Å²) in [6.45, 7) is 8.02. The number of hydrogen-bond donors (Lipinski definition) is 0. The molecule has 0 unspecified atom stereocenters. The molecule has 1 heterocycles. The normalized spacial score (nSPS) is 14.0. The van der Waals surface area contributed by atoms with Crippen LogP contribution in [0.5, 0.6) is 0 Å². The van der Waals surface area contributed by atoms with Crippen molar-refractivity contribution < 1.29 is 13.2 Å². The van der Waals surface area contributed by atoms with Crippen molar-refractivity contribution in [3.8, 4) is 0 Å². The number of allylic oxidation sites excluding steroid dienone is 2. The zero-order chi connectivity index (χ0) is 18.7. The Bertz CT molecular complexity index is 837. The topological polar surface area (TPSA) is 0 Å². The Balaban J connectivity index is 1.70. The zero-order valence-corrected chi connectivity index (χ0v) is 15.9. The van der Waals surface area contributed by atoms with Crippen molar-refractivity contribution in [3.63, 3.8) is 0 Å². The summed E-state index contributed by atoms with van der Waals surface area (Å²) in [5.41, 5.74) is 2.01. The van der Waals surface area contributed by atoms with Gasteiger partial charge in [-0.15, -0.1) is 23.5 Å². The number of benzene rings is 2. The lowest BCUT2D eigenvalue weighted by Crippen LogP contribution is -2.08. The van der Waals surface area contributed by atoms with Crippen LogP contribution in [0.15, 0.2) is 65.4 Å². The molecule has 26 heavy (non-hydrogen) atoms. The van der Waals surface area contributed by atoms with Crippen LogP contribution in [0.4, 0.5) is 13.2 Å². The van der Waals surface area contributed by atoms with E-state index in [9.17, 15) is 13.2 Å². The van der Waals surface area contributed by atoms with Crippen molar-refractivity contribution in [1.29, 1.82) is 0 Å². The highest BCUT2D eigenvalue weighted by molar-refractivity contribution is 8.05. The van der Waals surface area contributed by atoms with Crippen molar-refractivity contribution >= 4 is 34.7 Å². The summed E-state index contributed by atoms with van der Waals surface area (Å²) in [5, 5.41) is 0. The van der Waals surface area contributed by atoms with Crippen LogP contribution in [0.3, 0.4) is 0 Å². The van der Waals surface area contributed by atoms with Gasteiger partial charge in [0.05, 0.1) is 5.56 Å². The smallest absolute Gasteiger partial charge is 0.166 e. The molecule has 0 aliphatic carbocycles. The molecule has 3 rings (SSSR count). The van der Waals surface area contributed by atoms with E-state index in [4.69, 9.17) is 0 Å². The fourth-order valence-corrected chi connectivity index (χ4v) is 5.13. The first-order valence-corrected chi connectivity index (χ1v) is 10.3. The van der Waals surface area contributed by atoms with E-state index >= 15 is 0 Å². The molecular formula is C21H19F3S2. The lowest BCUT2D eigenvalue weighted by molar-refractivity contribution is -0.137. The molecule has 0 amide bonds. The highest BCUT2D eigenvalue weighted by Crippen LogP contribution is 2.39. The summed E-state index contributed by atoms with van der Waals surface area (Å²) in [4.78, 5) is 2.56. The molecule has 0 nitrogen and oxygen atoms in total. The molecule has 0 fully saturated rings. The van der Waals surface area contributed by atoms with Gasteiger partial charge in [-0.3, -0.25) is 0 Å². The van der Waals surface area contributed by atoms with Crippen molar-refractivity contribution in [2.24, 2.45) is 0 Å². The van der Waals surface area contributed by atoms with E-state index in [1.807, 2.05) is 29.6 Å². The summed E-state index contributed by atoms with van der Waals surface area (Å²) in [5.74, 6) is 2.22. The predicted octanol–water partition coefficient (Wildman–Crippen LogP) is 7.41. The quantitative estimate of drug-likeness (QED) is 0.519. The van der Waals surface area contributed by atoms with Crippen molar-refractivity contribution in [1.82, 2.24) is 0 Å². The highest BCUT2D eigenvalue weighted by Gasteiger charge is 2.33. The first-order chi connectivity index (χ1) is 12.4. The molecule has 0 saturated carbocycles. The maximum Gasteiger partial charge on any atom is 0.416 e. The summed E-state index contributed by atoms with van der Waals surface area (Å²) in [6, 6.07) is 11.9. The van der Waals surface area contributed by atoms with E-state index < -0.39 is 11.7 Å². The van der Waals surface area contributed by atoms with Gasteiger partial charge in [0.1, 0.15) is 0 Å². The zero-order valence-electron chi connectivity index (χ0n) is 14.2. The summed E-state index contributed by atoms with van der Waals surface area (Å²) < 4.78 is 39.5. The molecule has 0 bridgehead atoms. The average Bonchev–Trinajstić information content (AvgIpc) is 2.64. The molecule has 2 aromatic rings. The van der Waals surface area contributed by atoms with Crippen molar-refractivity contribution in [2.75, 3.05) is 11.5 Å². The Morgan fingerprint density at radius 1 is 0.885 bits per heavy atom.